The van der Waals surface area contributed by atoms with Gasteiger partial charge in [-0.2, -0.15) is 22.8 Å². The smallest absolute Gasteiger partial charge is 0.422 e. The second kappa shape index (κ2) is 6.31. The summed E-state index contributed by atoms with van der Waals surface area (Å²) in [5.74, 6) is -4.86. The molecule has 1 saturated carbocycles. The van der Waals surface area contributed by atoms with Crippen LogP contribution in [0.3, 0.4) is 0 Å². The first-order chi connectivity index (χ1) is 13.1. The van der Waals surface area contributed by atoms with E-state index >= 15 is 0 Å². The van der Waals surface area contributed by atoms with E-state index in [1.165, 1.54) is 16.6 Å². The van der Waals surface area contributed by atoms with Crippen LogP contribution in [0.1, 0.15) is 24.6 Å². The van der Waals surface area contributed by atoms with Gasteiger partial charge in [-0.15, -0.1) is 10.2 Å². The molecule has 3 aromatic heterocycles. The van der Waals surface area contributed by atoms with Gasteiger partial charge in [0, 0.05) is 30.5 Å². The van der Waals surface area contributed by atoms with Crippen molar-refractivity contribution in [3.63, 3.8) is 0 Å². The fourth-order valence-electron chi connectivity index (χ4n) is 2.88. The molecular formula is C16H11F6N5O. The standard InChI is InChI=1S/C16H11F6N5O/c17-10-3-8(6-23-14(10)28-7-16(20,21)22)11-1-2-12-24-25-13(27(12)26-11)9-4-15(18,19)5-9/h1-3,6,9H,4-5,7H2. The van der Waals surface area contributed by atoms with Crippen LogP contribution in [0, 0.1) is 5.82 Å². The first-order valence-electron chi connectivity index (χ1n) is 8.07. The Kier molecular flexibility index (Phi) is 4.16. The highest BCUT2D eigenvalue weighted by Crippen LogP contribution is 2.47. The fraction of sp³-hybridized carbons (Fsp3) is 0.375. The first kappa shape index (κ1) is 18.4. The van der Waals surface area contributed by atoms with E-state index in [1.54, 1.807) is 0 Å². The number of halogens is 6. The van der Waals surface area contributed by atoms with Crippen LogP contribution in [0.4, 0.5) is 26.3 Å². The van der Waals surface area contributed by atoms with E-state index in [-0.39, 0.29) is 29.9 Å². The normalized spacial score (nSPS) is 16.9. The van der Waals surface area contributed by atoms with Crippen molar-refractivity contribution in [3.8, 4) is 17.1 Å². The summed E-state index contributed by atoms with van der Waals surface area (Å²) >= 11 is 0. The molecule has 1 aliphatic carbocycles. The number of nitrogens with zero attached hydrogens (tertiary/aromatic N) is 5. The molecule has 0 N–H and O–H groups in total. The van der Waals surface area contributed by atoms with Crippen molar-refractivity contribution in [1.29, 1.82) is 0 Å². The third kappa shape index (κ3) is 3.58. The van der Waals surface area contributed by atoms with Gasteiger partial charge in [0.1, 0.15) is 0 Å². The number of hydrogen-bond acceptors (Lipinski definition) is 5. The van der Waals surface area contributed by atoms with Crippen molar-refractivity contribution in [1.82, 2.24) is 24.8 Å². The summed E-state index contributed by atoms with van der Waals surface area (Å²) in [4.78, 5) is 3.55. The summed E-state index contributed by atoms with van der Waals surface area (Å²) in [6.45, 7) is -1.67. The van der Waals surface area contributed by atoms with Crippen molar-refractivity contribution >= 4 is 5.65 Å². The number of rotatable bonds is 4. The third-order valence-electron chi connectivity index (χ3n) is 4.22. The summed E-state index contributed by atoms with van der Waals surface area (Å²) in [5, 5.41) is 12.0. The van der Waals surface area contributed by atoms with E-state index in [4.69, 9.17) is 0 Å². The molecule has 4 rings (SSSR count). The highest BCUT2D eigenvalue weighted by atomic mass is 19.4. The molecule has 0 unspecified atom stereocenters. The Hall–Kier alpha value is -2.92. The molecule has 0 amide bonds. The second-order valence-corrected chi connectivity index (χ2v) is 6.42. The summed E-state index contributed by atoms with van der Waals surface area (Å²) in [6.07, 6.45) is -4.24. The molecule has 148 valence electrons. The molecule has 0 atom stereocenters. The second-order valence-electron chi connectivity index (χ2n) is 6.42. The number of ether oxygens (including phenoxy) is 1. The maximum atomic E-state index is 14.0. The number of alkyl halides is 5. The zero-order chi connectivity index (χ0) is 20.1. The maximum Gasteiger partial charge on any atom is 0.422 e. The van der Waals surface area contributed by atoms with Crippen LogP contribution >= 0.6 is 0 Å². The summed E-state index contributed by atoms with van der Waals surface area (Å²) in [7, 11) is 0. The van der Waals surface area contributed by atoms with E-state index in [0.29, 0.717) is 5.65 Å². The predicted molar refractivity (Wildman–Crippen MR) is 82.4 cm³/mol. The summed E-state index contributed by atoms with van der Waals surface area (Å²) < 4.78 is 82.4. The zero-order valence-electron chi connectivity index (χ0n) is 13.9. The van der Waals surface area contributed by atoms with Gasteiger partial charge >= 0.3 is 6.18 Å². The quantitative estimate of drug-likeness (QED) is 0.621. The molecule has 1 aliphatic rings. The van der Waals surface area contributed by atoms with Crippen molar-refractivity contribution in [3.05, 3.63) is 36.0 Å². The molecule has 0 spiro atoms. The number of fused-ring (bicyclic) bond motifs is 1. The molecule has 0 bridgehead atoms. The average molecular weight is 403 g/mol. The molecule has 0 aliphatic heterocycles. The number of hydrogen-bond donors (Lipinski definition) is 0. The Bertz CT molecular complexity index is 1030. The van der Waals surface area contributed by atoms with E-state index in [2.05, 4.69) is 25.0 Å². The Labute approximate surface area is 153 Å². The van der Waals surface area contributed by atoms with Gasteiger partial charge in [-0.1, -0.05) is 0 Å². The monoisotopic (exact) mass is 403 g/mol. The molecular weight excluding hydrogens is 392 g/mol. The van der Waals surface area contributed by atoms with Gasteiger partial charge in [0.15, 0.2) is 23.9 Å². The maximum absolute atomic E-state index is 14.0. The lowest BCUT2D eigenvalue weighted by Gasteiger charge is -2.33. The minimum Gasteiger partial charge on any atom is -0.466 e. The molecule has 12 heteroatoms. The molecule has 1 fully saturated rings. The third-order valence-corrected chi connectivity index (χ3v) is 4.22. The minimum atomic E-state index is -4.62. The molecule has 0 aromatic carbocycles. The lowest BCUT2D eigenvalue weighted by molar-refractivity contribution is -0.154. The SMILES string of the molecule is Fc1cc(-c2ccc3nnc(C4CC(F)(F)C4)n3n2)cnc1OCC(F)(F)F. The van der Waals surface area contributed by atoms with Gasteiger partial charge in [-0.05, 0) is 18.2 Å². The van der Waals surface area contributed by atoms with Crippen LogP contribution in [0.2, 0.25) is 0 Å². The van der Waals surface area contributed by atoms with Crippen LogP contribution < -0.4 is 4.74 Å². The molecule has 6 nitrogen and oxygen atoms in total. The zero-order valence-corrected chi connectivity index (χ0v) is 13.9. The van der Waals surface area contributed by atoms with Crippen molar-refractivity contribution in [2.24, 2.45) is 0 Å². The predicted octanol–water partition coefficient (Wildman–Crippen LogP) is 3.78. The lowest BCUT2D eigenvalue weighted by atomic mass is 9.81. The Balaban J connectivity index is 1.61. The van der Waals surface area contributed by atoms with Crippen molar-refractivity contribution in [2.45, 2.75) is 30.9 Å². The van der Waals surface area contributed by atoms with Crippen LogP contribution in [0.15, 0.2) is 24.4 Å². The number of pyridine rings is 1. The van der Waals surface area contributed by atoms with E-state index in [0.717, 1.165) is 12.3 Å². The topological polar surface area (TPSA) is 65.2 Å². The van der Waals surface area contributed by atoms with E-state index in [1.807, 2.05) is 0 Å². The van der Waals surface area contributed by atoms with Gasteiger partial charge in [0.2, 0.25) is 5.92 Å². The molecule has 3 heterocycles. The average Bonchev–Trinajstić information content (AvgIpc) is 3.00. The molecule has 0 radical (unpaired) electrons. The van der Waals surface area contributed by atoms with Gasteiger partial charge in [-0.25, -0.2) is 18.2 Å². The van der Waals surface area contributed by atoms with Crippen LogP contribution in [0.5, 0.6) is 5.88 Å². The number of aromatic nitrogens is 5. The minimum absolute atomic E-state index is 0.164. The van der Waals surface area contributed by atoms with Crippen molar-refractivity contribution < 1.29 is 31.1 Å². The highest BCUT2D eigenvalue weighted by molar-refractivity contribution is 5.59. The highest BCUT2D eigenvalue weighted by Gasteiger charge is 2.48. The molecule has 0 saturated heterocycles. The van der Waals surface area contributed by atoms with E-state index < -0.39 is 36.3 Å². The van der Waals surface area contributed by atoms with Crippen LogP contribution in [-0.2, 0) is 0 Å². The Morgan fingerprint density at radius 2 is 1.93 bits per heavy atom. The van der Waals surface area contributed by atoms with Gasteiger partial charge in [0.05, 0.1) is 5.69 Å². The first-order valence-corrected chi connectivity index (χ1v) is 8.07. The summed E-state index contributed by atoms with van der Waals surface area (Å²) in [5.41, 5.74) is 0.707. The Morgan fingerprint density at radius 1 is 1.18 bits per heavy atom. The lowest BCUT2D eigenvalue weighted by Crippen LogP contribution is -2.34. The van der Waals surface area contributed by atoms with Gasteiger partial charge in [-0.3, -0.25) is 0 Å². The molecule has 3 aromatic rings. The van der Waals surface area contributed by atoms with Gasteiger partial charge in [0.25, 0.3) is 5.88 Å². The van der Waals surface area contributed by atoms with Crippen LogP contribution in [-0.4, -0.2) is 43.5 Å². The van der Waals surface area contributed by atoms with E-state index in [9.17, 15) is 26.3 Å². The fourth-order valence-corrected chi connectivity index (χ4v) is 2.88. The largest absolute Gasteiger partial charge is 0.466 e. The Morgan fingerprint density at radius 3 is 2.57 bits per heavy atom. The van der Waals surface area contributed by atoms with Crippen molar-refractivity contribution in [2.75, 3.05) is 6.61 Å². The summed E-state index contributed by atoms with van der Waals surface area (Å²) in [6, 6.07) is 3.92. The van der Waals surface area contributed by atoms with Gasteiger partial charge < -0.3 is 4.74 Å². The molecule has 28 heavy (non-hydrogen) atoms. The van der Waals surface area contributed by atoms with Crippen LogP contribution in [0.25, 0.3) is 16.9 Å².